The Labute approximate surface area is 89.6 Å². The number of rotatable bonds is 4. The molecule has 0 atom stereocenters. The molecule has 0 amide bonds. The van der Waals surface area contributed by atoms with Crippen molar-refractivity contribution < 1.29 is 12.8 Å². The molecule has 0 saturated carbocycles. The number of halogens is 1. The maximum atomic E-state index is 12.6. The first kappa shape index (κ1) is 12.1. The largest absolute Gasteiger partial charge is 0.213 e. The second kappa shape index (κ2) is 4.72. The Morgan fingerprint density at radius 3 is 2.27 bits per heavy atom. The molecule has 0 aliphatic heterocycles. The van der Waals surface area contributed by atoms with Crippen LogP contribution in [0.25, 0.3) is 0 Å². The predicted octanol–water partition coefficient (Wildman–Crippen LogP) is 1.61. The van der Waals surface area contributed by atoms with Crippen molar-refractivity contribution in [2.75, 3.05) is 12.8 Å². The van der Waals surface area contributed by atoms with Crippen LogP contribution in [0.5, 0.6) is 0 Å². The molecule has 1 aromatic rings. The van der Waals surface area contributed by atoms with Crippen molar-refractivity contribution >= 4 is 10.0 Å². The van der Waals surface area contributed by atoms with E-state index in [-0.39, 0.29) is 18.1 Å². The molecular formula is C10H14FNO2S. The third-order valence-corrected chi connectivity index (χ3v) is 3.97. The number of nitrogens with zero attached hydrogens (tertiary/aromatic N) is 1. The van der Waals surface area contributed by atoms with Gasteiger partial charge in [0.25, 0.3) is 0 Å². The monoisotopic (exact) mass is 231 g/mol. The Hall–Kier alpha value is -0.940. The fourth-order valence-corrected chi connectivity index (χ4v) is 1.95. The second-order valence-electron chi connectivity index (χ2n) is 3.28. The van der Waals surface area contributed by atoms with Gasteiger partial charge in [0, 0.05) is 13.6 Å². The van der Waals surface area contributed by atoms with Gasteiger partial charge in [-0.1, -0.05) is 12.1 Å². The van der Waals surface area contributed by atoms with E-state index in [0.717, 1.165) is 5.56 Å². The lowest BCUT2D eigenvalue weighted by Gasteiger charge is -2.15. The van der Waals surface area contributed by atoms with Crippen molar-refractivity contribution in [3.8, 4) is 0 Å². The van der Waals surface area contributed by atoms with Gasteiger partial charge in [-0.15, -0.1) is 0 Å². The summed E-state index contributed by atoms with van der Waals surface area (Å²) in [5.41, 5.74) is 0.774. The summed E-state index contributed by atoms with van der Waals surface area (Å²) < 4.78 is 36.7. The van der Waals surface area contributed by atoms with E-state index in [1.54, 1.807) is 19.1 Å². The minimum absolute atomic E-state index is 0.0741. The van der Waals surface area contributed by atoms with Gasteiger partial charge in [0.05, 0.1) is 5.75 Å². The van der Waals surface area contributed by atoms with Crippen molar-refractivity contribution in [1.29, 1.82) is 0 Å². The first-order valence-electron chi connectivity index (χ1n) is 4.64. The van der Waals surface area contributed by atoms with Crippen molar-refractivity contribution in [2.24, 2.45) is 0 Å². The molecule has 0 aromatic heterocycles. The molecule has 84 valence electrons. The van der Waals surface area contributed by atoms with Crippen LogP contribution in [0.3, 0.4) is 0 Å². The van der Waals surface area contributed by atoms with Crippen LogP contribution < -0.4 is 0 Å². The van der Waals surface area contributed by atoms with E-state index in [1.165, 1.54) is 23.5 Å². The molecule has 0 fully saturated rings. The van der Waals surface area contributed by atoms with Gasteiger partial charge < -0.3 is 0 Å². The molecule has 0 radical (unpaired) electrons. The van der Waals surface area contributed by atoms with E-state index in [4.69, 9.17) is 0 Å². The summed E-state index contributed by atoms with van der Waals surface area (Å²) in [4.78, 5) is 0. The summed E-state index contributed by atoms with van der Waals surface area (Å²) in [5.74, 6) is -0.246. The number of sulfonamides is 1. The topological polar surface area (TPSA) is 37.4 Å². The number of hydrogen-bond donors (Lipinski definition) is 0. The highest BCUT2D eigenvalue weighted by atomic mass is 32.2. The molecule has 1 aromatic carbocycles. The Morgan fingerprint density at radius 2 is 1.80 bits per heavy atom. The normalized spacial score (nSPS) is 12.0. The van der Waals surface area contributed by atoms with Gasteiger partial charge in [0.15, 0.2) is 0 Å². The van der Waals surface area contributed by atoms with Gasteiger partial charge in [-0.25, -0.2) is 17.1 Å². The average Bonchev–Trinajstić information content (AvgIpc) is 2.21. The molecule has 15 heavy (non-hydrogen) atoms. The average molecular weight is 231 g/mol. The predicted molar refractivity (Wildman–Crippen MR) is 57.3 cm³/mol. The minimum Gasteiger partial charge on any atom is -0.212 e. The van der Waals surface area contributed by atoms with Crippen LogP contribution in [-0.4, -0.2) is 25.5 Å². The van der Waals surface area contributed by atoms with E-state index >= 15 is 0 Å². The number of hydrogen-bond acceptors (Lipinski definition) is 2. The molecule has 0 heterocycles. The maximum Gasteiger partial charge on any atom is 0.213 e. The van der Waals surface area contributed by atoms with Gasteiger partial charge >= 0.3 is 0 Å². The zero-order chi connectivity index (χ0) is 11.5. The third-order valence-electron chi connectivity index (χ3n) is 2.16. The van der Waals surface area contributed by atoms with E-state index < -0.39 is 10.0 Å². The molecule has 0 saturated heterocycles. The van der Waals surface area contributed by atoms with Crippen LogP contribution in [0.1, 0.15) is 12.5 Å². The SMILES string of the molecule is CCS(=O)(=O)N(C)Cc1ccc(F)cc1. The van der Waals surface area contributed by atoms with Crippen molar-refractivity contribution in [3.63, 3.8) is 0 Å². The molecule has 1 rings (SSSR count). The summed E-state index contributed by atoms with van der Waals surface area (Å²) in [6.45, 7) is 1.87. The fraction of sp³-hybridized carbons (Fsp3) is 0.400. The summed E-state index contributed by atoms with van der Waals surface area (Å²) >= 11 is 0. The first-order valence-corrected chi connectivity index (χ1v) is 6.25. The lowest BCUT2D eigenvalue weighted by molar-refractivity contribution is 0.467. The van der Waals surface area contributed by atoms with Crippen molar-refractivity contribution in [3.05, 3.63) is 35.6 Å². The quantitative estimate of drug-likeness (QED) is 0.789. The lowest BCUT2D eigenvalue weighted by atomic mass is 10.2. The highest BCUT2D eigenvalue weighted by Gasteiger charge is 2.14. The molecule has 0 aliphatic rings. The zero-order valence-corrected chi connectivity index (χ0v) is 9.59. The van der Waals surface area contributed by atoms with E-state index in [2.05, 4.69) is 0 Å². The minimum atomic E-state index is -3.17. The van der Waals surface area contributed by atoms with Crippen molar-refractivity contribution in [2.45, 2.75) is 13.5 Å². The molecule has 0 bridgehead atoms. The highest BCUT2D eigenvalue weighted by molar-refractivity contribution is 7.89. The molecule has 3 nitrogen and oxygen atoms in total. The van der Waals surface area contributed by atoms with Gasteiger partial charge in [-0.2, -0.15) is 0 Å². The first-order chi connectivity index (χ1) is 6.95. The third kappa shape index (κ3) is 3.28. The molecular weight excluding hydrogens is 217 g/mol. The molecule has 0 N–H and O–H groups in total. The van der Waals surface area contributed by atoms with Crippen LogP contribution in [0.2, 0.25) is 0 Å². The van der Waals surface area contributed by atoms with E-state index in [0.29, 0.717) is 0 Å². The smallest absolute Gasteiger partial charge is 0.212 e. The fourth-order valence-electron chi connectivity index (χ4n) is 1.17. The Morgan fingerprint density at radius 1 is 1.27 bits per heavy atom. The van der Waals surface area contributed by atoms with Crippen molar-refractivity contribution in [1.82, 2.24) is 4.31 Å². The lowest BCUT2D eigenvalue weighted by Crippen LogP contribution is -2.27. The molecule has 0 spiro atoms. The summed E-state index contributed by atoms with van der Waals surface area (Å²) in [6, 6.07) is 5.80. The van der Waals surface area contributed by atoms with Crippen LogP contribution in [0.15, 0.2) is 24.3 Å². The Bertz CT molecular complexity index is 414. The highest BCUT2D eigenvalue weighted by Crippen LogP contribution is 2.08. The molecule has 0 unspecified atom stereocenters. The summed E-state index contributed by atoms with van der Waals surface area (Å²) in [6.07, 6.45) is 0. The van der Waals surface area contributed by atoms with Crippen LogP contribution in [0.4, 0.5) is 4.39 Å². The van der Waals surface area contributed by atoms with E-state index in [9.17, 15) is 12.8 Å². The van der Waals surface area contributed by atoms with Crippen LogP contribution in [-0.2, 0) is 16.6 Å². The zero-order valence-electron chi connectivity index (χ0n) is 8.77. The van der Waals surface area contributed by atoms with Gasteiger partial charge in [-0.3, -0.25) is 0 Å². The standard InChI is InChI=1S/C10H14FNO2S/c1-3-15(13,14)12(2)8-9-4-6-10(11)7-5-9/h4-7H,3,8H2,1-2H3. The summed E-state index contributed by atoms with van der Waals surface area (Å²) in [7, 11) is -1.65. The van der Waals surface area contributed by atoms with Gasteiger partial charge in [0.1, 0.15) is 5.82 Å². The van der Waals surface area contributed by atoms with E-state index in [1.807, 2.05) is 0 Å². The van der Waals surface area contributed by atoms with Crippen LogP contribution in [0, 0.1) is 5.82 Å². The van der Waals surface area contributed by atoms with Gasteiger partial charge in [0.2, 0.25) is 10.0 Å². The van der Waals surface area contributed by atoms with Crippen LogP contribution >= 0.6 is 0 Å². The second-order valence-corrected chi connectivity index (χ2v) is 5.65. The van der Waals surface area contributed by atoms with Gasteiger partial charge in [-0.05, 0) is 24.6 Å². The Kier molecular flexibility index (Phi) is 3.82. The molecule has 0 aliphatic carbocycles. The Balaban J connectivity index is 2.75. The number of benzene rings is 1. The maximum absolute atomic E-state index is 12.6. The summed E-state index contributed by atoms with van der Waals surface area (Å²) in [5, 5.41) is 0. The molecule has 5 heteroatoms.